The Morgan fingerprint density at radius 2 is 2.05 bits per heavy atom. The minimum Gasteiger partial charge on any atom is -0.381 e. The van der Waals surface area contributed by atoms with E-state index in [0.717, 1.165) is 5.56 Å². The number of methoxy groups -OCH3 is 1. The van der Waals surface area contributed by atoms with E-state index in [-0.39, 0.29) is 12.0 Å². The van der Waals surface area contributed by atoms with Crippen molar-refractivity contribution in [1.82, 2.24) is 10.1 Å². The number of aromatic nitrogens is 2. The van der Waals surface area contributed by atoms with E-state index >= 15 is 0 Å². The molecule has 0 aliphatic carbocycles. The van der Waals surface area contributed by atoms with Gasteiger partial charge >= 0.3 is 0 Å². The van der Waals surface area contributed by atoms with Gasteiger partial charge in [-0.05, 0) is 12.5 Å². The number of hydrogen-bond acceptors (Lipinski definition) is 5. The van der Waals surface area contributed by atoms with Crippen molar-refractivity contribution in [3.05, 3.63) is 47.6 Å². The third-order valence-electron chi connectivity index (χ3n) is 3.09. The van der Waals surface area contributed by atoms with Crippen LogP contribution in [-0.2, 0) is 11.2 Å². The Morgan fingerprint density at radius 1 is 1.32 bits per heavy atom. The fourth-order valence-electron chi connectivity index (χ4n) is 1.90. The molecule has 19 heavy (non-hydrogen) atoms. The Bertz CT molecular complexity index is 498. The van der Waals surface area contributed by atoms with E-state index in [1.165, 1.54) is 0 Å². The maximum atomic E-state index is 5.82. The molecule has 0 saturated carbocycles. The summed E-state index contributed by atoms with van der Waals surface area (Å²) < 4.78 is 10.5. The SMILES string of the molecule is COC(C)Cc1noc(C(CN)c2ccccc2)n1. The summed E-state index contributed by atoms with van der Waals surface area (Å²) in [5.74, 6) is 1.16. The lowest BCUT2D eigenvalue weighted by Gasteiger charge is -2.09. The van der Waals surface area contributed by atoms with Crippen molar-refractivity contribution in [3.8, 4) is 0 Å². The van der Waals surface area contributed by atoms with Crippen LogP contribution in [-0.4, -0.2) is 29.9 Å². The number of ether oxygens (including phenoxy) is 1. The van der Waals surface area contributed by atoms with Crippen molar-refractivity contribution in [3.63, 3.8) is 0 Å². The fraction of sp³-hybridized carbons (Fsp3) is 0.429. The molecule has 1 heterocycles. The molecule has 0 amide bonds. The maximum absolute atomic E-state index is 5.82. The van der Waals surface area contributed by atoms with Crippen LogP contribution in [0.25, 0.3) is 0 Å². The lowest BCUT2D eigenvalue weighted by molar-refractivity contribution is 0.116. The van der Waals surface area contributed by atoms with E-state index < -0.39 is 0 Å². The van der Waals surface area contributed by atoms with Gasteiger partial charge < -0.3 is 15.0 Å². The predicted molar refractivity (Wildman–Crippen MR) is 71.8 cm³/mol. The molecule has 0 aliphatic rings. The van der Waals surface area contributed by atoms with Gasteiger partial charge in [-0.15, -0.1) is 0 Å². The molecule has 0 spiro atoms. The molecule has 2 unspecified atom stereocenters. The van der Waals surface area contributed by atoms with Crippen molar-refractivity contribution >= 4 is 0 Å². The molecule has 5 heteroatoms. The van der Waals surface area contributed by atoms with Crippen molar-refractivity contribution < 1.29 is 9.26 Å². The normalized spacial score (nSPS) is 14.3. The van der Waals surface area contributed by atoms with Gasteiger partial charge in [-0.1, -0.05) is 35.5 Å². The first kappa shape index (κ1) is 13.7. The highest BCUT2D eigenvalue weighted by Gasteiger charge is 2.20. The molecule has 2 rings (SSSR count). The average molecular weight is 261 g/mol. The second-order valence-electron chi connectivity index (χ2n) is 4.50. The number of hydrogen-bond donors (Lipinski definition) is 1. The summed E-state index contributed by atoms with van der Waals surface area (Å²) in [6.07, 6.45) is 0.699. The van der Waals surface area contributed by atoms with Gasteiger partial charge in [-0.25, -0.2) is 0 Å². The Balaban J connectivity index is 2.16. The highest BCUT2D eigenvalue weighted by molar-refractivity contribution is 5.24. The lowest BCUT2D eigenvalue weighted by atomic mass is 9.99. The standard InChI is InChI=1S/C14H19N3O2/c1-10(18-2)8-13-16-14(19-17-13)12(9-15)11-6-4-3-5-7-11/h3-7,10,12H,8-9,15H2,1-2H3. The number of rotatable bonds is 6. The largest absolute Gasteiger partial charge is 0.381 e. The van der Waals surface area contributed by atoms with Crippen LogP contribution in [0.2, 0.25) is 0 Å². The van der Waals surface area contributed by atoms with Crippen LogP contribution in [0.5, 0.6) is 0 Å². The molecule has 2 atom stereocenters. The Labute approximate surface area is 112 Å². The first-order chi connectivity index (χ1) is 9.24. The van der Waals surface area contributed by atoms with Crippen LogP contribution < -0.4 is 5.73 Å². The van der Waals surface area contributed by atoms with Gasteiger partial charge in [0.1, 0.15) is 0 Å². The van der Waals surface area contributed by atoms with E-state index in [1.807, 2.05) is 37.3 Å². The molecule has 0 saturated heterocycles. The molecule has 0 bridgehead atoms. The van der Waals surface area contributed by atoms with Crippen molar-refractivity contribution in [1.29, 1.82) is 0 Å². The summed E-state index contributed by atoms with van der Waals surface area (Å²) in [5.41, 5.74) is 6.90. The lowest BCUT2D eigenvalue weighted by Crippen LogP contribution is -2.14. The second kappa shape index (κ2) is 6.45. The number of nitrogens with zero attached hydrogens (tertiary/aromatic N) is 2. The third kappa shape index (κ3) is 3.39. The van der Waals surface area contributed by atoms with E-state index in [9.17, 15) is 0 Å². The maximum Gasteiger partial charge on any atom is 0.235 e. The van der Waals surface area contributed by atoms with E-state index in [0.29, 0.717) is 24.7 Å². The van der Waals surface area contributed by atoms with Crippen LogP contribution in [0, 0.1) is 0 Å². The summed E-state index contributed by atoms with van der Waals surface area (Å²) in [6, 6.07) is 9.94. The molecule has 5 nitrogen and oxygen atoms in total. The summed E-state index contributed by atoms with van der Waals surface area (Å²) >= 11 is 0. The van der Waals surface area contributed by atoms with Gasteiger partial charge in [0.25, 0.3) is 0 Å². The van der Waals surface area contributed by atoms with Crippen molar-refractivity contribution in [2.45, 2.75) is 25.4 Å². The summed E-state index contributed by atoms with van der Waals surface area (Å²) in [7, 11) is 1.66. The molecular formula is C14H19N3O2. The van der Waals surface area contributed by atoms with Gasteiger partial charge in [0, 0.05) is 20.1 Å². The monoisotopic (exact) mass is 261 g/mol. The average Bonchev–Trinajstić information content (AvgIpc) is 2.89. The minimum atomic E-state index is -0.0553. The highest BCUT2D eigenvalue weighted by atomic mass is 16.5. The van der Waals surface area contributed by atoms with Gasteiger partial charge in [0.15, 0.2) is 5.82 Å². The number of benzene rings is 1. The topological polar surface area (TPSA) is 74.2 Å². The Hall–Kier alpha value is -1.72. The van der Waals surface area contributed by atoms with E-state index in [2.05, 4.69) is 10.1 Å². The minimum absolute atomic E-state index is 0.0553. The van der Waals surface area contributed by atoms with Crippen molar-refractivity contribution in [2.75, 3.05) is 13.7 Å². The Kier molecular flexibility index (Phi) is 4.65. The fourth-order valence-corrected chi connectivity index (χ4v) is 1.90. The van der Waals surface area contributed by atoms with Gasteiger partial charge in [-0.2, -0.15) is 4.98 Å². The van der Waals surface area contributed by atoms with Crippen LogP contribution in [0.1, 0.15) is 30.1 Å². The zero-order chi connectivity index (χ0) is 13.7. The molecule has 1 aromatic carbocycles. The van der Waals surface area contributed by atoms with Crippen LogP contribution >= 0.6 is 0 Å². The van der Waals surface area contributed by atoms with Gasteiger partial charge in [0.05, 0.1) is 12.0 Å². The molecule has 1 aromatic heterocycles. The van der Waals surface area contributed by atoms with Crippen LogP contribution in [0.3, 0.4) is 0 Å². The van der Waals surface area contributed by atoms with Gasteiger partial charge in [0.2, 0.25) is 5.89 Å². The highest BCUT2D eigenvalue weighted by Crippen LogP contribution is 2.22. The molecule has 2 aromatic rings. The molecular weight excluding hydrogens is 242 g/mol. The quantitative estimate of drug-likeness (QED) is 0.857. The zero-order valence-corrected chi connectivity index (χ0v) is 11.2. The summed E-state index contributed by atoms with van der Waals surface area (Å²) in [4.78, 5) is 4.41. The Morgan fingerprint density at radius 3 is 2.68 bits per heavy atom. The van der Waals surface area contributed by atoms with E-state index in [1.54, 1.807) is 7.11 Å². The molecule has 0 radical (unpaired) electrons. The molecule has 102 valence electrons. The first-order valence-corrected chi connectivity index (χ1v) is 6.35. The third-order valence-corrected chi connectivity index (χ3v) is 3.09. The zero-order valence-electron chi connectivity index (χ0n) is 11.2. The van der Waals surface area contributed by atoms with Crippen LogP contribution in [0.4, 0.5) is 0 Å². The first-order valence-electron chi connectivity index (χ1n) is 6.35. The van der Waals surface area contributed by atoms with Gasteiger partial charge in [-0.3, -0.25) is 0 Å². The van der Waals surface area contributed by atoms with Crippen molar-refractivity contribution in [2.24, 2.45) is 5.73 Å². The van der Waals surface area contributed by atoms with E-state index in [4.69, 9.17) is 15.0 Å². The second-order valence-corrected chi connectivity index (χ2v) is 4.50. The molecule has 0 fully saturated rings. The summed E-state index contributed by atoms with van der Waals surface area (Å²) in [5, 5.41) is 3.98. The number of nitrogens with two attached hydrogens (primary N) is 1. The predicted octanol–water partition coefficient (Wildman–Crippen LogP) is 1.74. The molecule has 2 N–H and O–H groups in total. The smallest absolute Gasteiger partial charge is 0.235 e. The molecule has 0 aliphatic heterocycles. The van der Waals surface area contributed by atoms with Crippen LogP contribution in [0.15, 0.2) is 34.9 Å². The summed E-state index contributed by atoms with van der Waals surface area (Å²) in [6.45, 7) is 2.40.